The van der Waals surface area contributed by atoms with Crippen molar-refractivity contribution in [2.75, 3.05) is 0 Å². The van der Waals surface area contributed by atoms with Crippen molar-refractivity contribution in [3.63, 3.8) is 0 Å². The molecule has 0 saturated heterocycles. The molecule has 20 heavy (non-hydrogen) atoms. The van der Waals surface area contributed by atoms with Crippen LogP contribution in [0.4, 0.5) is 8.78 Å². The second-order valence-electron chi connectivity index (χ2n) is 4.35. The number of benzene rings is 2. The van der Waals surface area contributed by atoms with Gasteiger partial charge >= 0.3 is 0 Å². The van der Waals surface area contributed by atoms with Gasteiger partial charge in [-0.1, -0.05) is 23.7 Å². The summed E-state index contributed by atoms with van der Waals surface area (Å²) in [7, 11) is 0. The Balaban J connectivity index is 2.31. The molecule has 1 heterocycles. The summed E-state index contributed by atoms with van der Waals surface area (Å²) in [5, 5.41) is 0.387. The zero-order valence-corrected chi connectivity index (χ0v) is 10.8. The summed E-state index contributed by atoms with van der Waals surface area (Å²) >= 11 is 5.79. The van der Waals surface area contributed by atoms with Crippen molar-refractivity contribution in [3.8, 4) is 11.1 Å². The number of aromatic nitrogens is 1. The van der Waals surface area contributed by atoms with E-state index in [9.17, 15) is 13.6 Å². The molecule has 0 aliphatic heterocycles. The molecule has 0 radical (unpaired) electrons. The lowest BCUT2D eigenvalue weighted by molar-refractivity contribution is 0.591. The van der Waals surface area contributed by atoms with Gasteiger partial charge in [0.1, 0.15) is 11.6 Å². The highest BCUT2D eigenvalue weighted by molar-refractivity contribution is 6.30. The Morgan fingerprint density at radius 1 is 1.05 bits per heavy atom. The Morgan fingerprint density at radius 3 is 2.45 bits per heavy atom. The molecule has 3 rings (SSSR count). The number of nitrogens with one attached hydrogen (secondary N) is 1. The topological polar surface area (TPSA) is 32.9 Å². The number of hydrogen-bond acceptors (Lipinski definition) is 1. The molecule has 5 heteroatoms. The Labute approximate surface area is 117 Å². The molecule has 2 nitrogen and oxygen atoms in total. The summed E-state index contributed by atoms with van der Waals surface area (Å²) in [6, 6.07) is 8.40. The lowest BCUT2D eigenvalue weighted by Gasteiger charge is -2.05. The normalized spacial score (nSPS) is 10.9. The van der Waals surface area contributed by atoms with Crippen LogP contribution in [0.2, 0.25) is 5.02 Å². The van der Waals surface area contributed by atoms with E-state index in [-0.39, 0.29) is 10.9 Å². The maximum Gasteiger partial charge on any atom is 0.200 e. The number of aromatic amines is 1. The molecule has 100 valence electrons. The molecule has 2 aromatic carbocycles. The third-order valence-corrected chi connectivity index (χ3v) is 3.31. The summed E-state index contributed by atoms with van der Waals surface area (Å²) in [5.41, 5.74) is 0.560. The monoisotopic (exact) mass is 291 g/mol. The summed E-state index contributed by atoms with van der Waals surface area (Å²) in [6.07, 6.45) is 1.44. The van der Waals surface area contributed by atoms with Gasteiger partial charge in [0.15, 0.2) is 5.43 Å². The minimum absolute atomic E-state index is 0.130. The molecule has 3 aromatic rings. The highest BCUT2D eigenvalue weighted by Gasteiger charge is 2.12. The second-order valence-corrected chi connectivity index (χ2v) is 4.78. The first kappa shape index (κ1) is 12.8. The van der Waals surface area contributed by atoms with Crippen molar-refractivity contribution >= 4 is 22.5 Å². The molecule has 0 bridgehead atoms. The first-order valence-electron chi connectivity index (χ1n) is 5.82. The van der Waals surface area contributed by atoms with E-state index in [0.717, 1.165) is 6.07 Å². The maximum absolute atomic E-state index is 13.8. The zero-order chi connectivity index (χ0) is 14.3. The molecular weight excluding hydrogens is 284 g/mol. The minimum atomic E-state index is -0.878. The van der Waals surface area contributed by atoms with Gasteiger partial charge in [-0.15, -0.1) is 0 Å². The Hall–Kier alpha value is -2.20. The third-order valence-electron chi connectivity index (χ3n) is 3.05. The van der Waals surface area contributed by atoms with Crippen molar-refractivity contribution in [1.82, 2.24) is 4.98 Å². The van der Waals surface area contributed by atoms with Crippen LogP contribution in [0.5, 0.6) is 0 Å². The van der Waals surface area contributed by atoms with Crippen LogP contribution in [0.25, 0.3) is 22.0 Å². The highest BCUT2D eigenvalue weighted by Crippen LogP contribution is 2.21. The number of H-pyrrole nitrogens is 1. The van der Waals surface area contributed by atoms with Crippen LogP contribution in [0.3, 0.4) is 0 Å². The van der Waals surface area contributed by atoms with Gasteiger partial charge < -0.3 is 4.98 Å². The molecule has 0 aliphatic carbocycles. The maximum atomic E-state index is 13.8. The average molecular weight is 292 g/mol. The summed E-state index contributed by atoms with van der Waals surface area (Å²) in [4.78, 5) is 15.1. The van der Waals surface area contributed by atoms with E-state index in [2.05, 4.69) is 4.98 Å². The number of rotatable bonds is 1. The van der Waals surface area contributed by atoms with Crippen molar-refractivity contribution in [2.24, 2.45) is 0 Å². The van der Waals surface area contributed by atoms with E-state index in [0.29, 0.717) is 22.2 Å². The van der Waals surface area contributed by atoms with E-state index in [1.165, 1.54) is 6.20 Å². The Morgan fingerprint density at radius 2 is 1.75 bits per heavy atom. The van der Waals surface area contributed by atoms with Crippen LogP contribution in [0, 0.1) is 11.6 Å². The van der Waals surface area contributed by atoms with Crippen molar-refractivity contribution in [2.45, 2.75) is 0 Å². The van der Waals surface area contributed by atoms with Crippen LogP contribution < -0.4 is 5.43 Å². The van der Waals surface area contributed by atoms with Gasteiger partial charge in [0.2, 0.25) is 0 Å². The van der Waals surface area contributed by atoms with E-state index < -0.39 is 17.1 Å². The van der Waals surface area contributed by atoms with Crippen molar-refractivity contribution < 1.29 is 8.78 Å². The molecule has 0 atom stereocenters. The molecule has 0 amide bonds. The summed E-state index contributed by atoms with van der Waals surface area (Å²) < 4.78 is 26.9. The van der Waals surface area contributed by atoms with E-state index in [1.54, 1.807) is 24.3 Å². The fraction of sp³-hybridized carbons (Fsp3) is 0. The van der Waals surface area contributed by atoms with Crippen molar-refractivity contribution in [3.05, 3.63) is 69.5 Å². The molecule has 0 spiro atoms. The van der Waals surface area contributed by atoms with Gasteiger partial charge in [-0.05, 0) is 23.8 Å². The van der Waals surface area contributed by atoms with Crippen LogP contribution in [0.15, 0.2) is 47.4 Å². The quantitative estimate of drug-likeness (QED) is 0.718. The molecule has 0 fully saturated rings. The lowest BCUT2D eigenvalue weighted by Crippen LogP contribution is -2.08. The second kappa shape index (κ2) is 4.72. The number of pyridine rings is 1. The Bertz CT molecular complexity index is 856. The molecule has 1 aromatic heterocycles. The molecule has 0 unspecified atom stereocenters. The fourth-order valence-electron chi connectivity index (χ4n) is 2.11. The van der Waals surface area contributed by atoms with Crippen molar-refractivity contribution in [1.29, 1.82) is 0 Å². The van der Waals surface area contributed by atoms with Gasteiger partial charge in [0, 0.05) is 22.8 Å². The summed E-state index contributed by atoms with van der Waals surface area (Å²) in [6.45, 7) is 0. The largest absolute Gasteiger partial charge is 0.360 e. The minimum Gasteiger partial charge on any atom is -0.360 e. The van der Waals surface area contributed by atoms with Crippen LogP contribution >= 0.6 is 11.6 Å². The first-order chi connectivity index (χ1) is 9.56. The van der Waals surface area contributed by atoms with Crippen LogP contribution in [-0.2, 0) is 0 Å². The molecule has 0 aliphatic rings. The van der Waals surface area contributed by atoms with Gasteiger partial charge in [0.25, 0.3) is 0 Å². The van der Waals surface area contributed by atoms with Gasteiger partial charge in [-0.25, -0.2) is 8.78 Å². The van der Waals surface area contributed by atoms with Gasteiger partial charge in [-0.3, -0.25) is 4.79 Å². The van der Waals surface area contributed by atoms with Gasteiger partial charge in [0.05, 0.1) is 10.9 Å². The third kappa shape index (κ3) is 2.08. The lowest BCUT2D eigenvalue weighted by atomic mass is 10.0. The standard InChI is InChI=1S/C15H8ClF2NO/c16-9-3-1-8(2-4-9)11-7-19-13-6-10(17)5-12(18)14(13)15(11)20/h1-7H,(H,19,20). The van der Waals surface area contributed by atoms with E-state index in [1.807, 2.05) is 0 Å². The van der Waals surface area contributed by atoms with E-state index in [4.69, 9.17) is 11.6 Å². The first-order valence-corrected chi connectivity index (χ1v) is 6.20. The highest BCUT2D eigenvalue weighted by atomic mass is 35.5. The predicted molar refractivity (Wildman–Crippen MR) is 74.9 cm³/mol. The SMILES string of the molecule is O=c1c(-c2ccc(Cl)cc2)c[nH]c2cc(F)cc(F)c12. The molecule has 1 N–H and O–H groups in total. The number of fused-ring (bicyclic) bond motifs is 1. The van der Waals surface area contributed by atoms with Crippen LogP contribution in [-0.4, -0.2) is 4.98 Å². The van der Waals surface area contributed by atoms with E-state index >= 15 is 0 Å². The number of hydrogen-bond donors (Lipinski definition) is 1. The molecule has 0 saturated carbocycles. The number of halogens is 3. The average Bonchev–Trinajstić information content (AvgIpc) is 2.39. The fourth-order valence-corrected chi connectivity index (χ4v) is 2.24. The van der Waals surface area contributed by atoms with Gasteiger partial charge in [-0.2, -0.15) is 0 Å². The Kier molecular flexibility index (Phi) is 3.03. The molecular formula is C15H8ClF2NO. The predicted octanol–water partition coefficient (Wildman–Crippen LogP) is 4.13. The van der Waals surface area contributed by atoms with Crippen LogP contribution in [0.1, 0.15) is 0 Å². The zero-order valence-electron chi connectivity index (χ0n) is 10.1. The summed E-state index contributed by atoms with van der Waals surface area (Å²) in [5.74, 6) is -1.61. The smallest absolute Gasteiger partial charge is 0.200 e.